The van der Waals surface area contributed by atoms with E-state index in [1.54, 1.807) is 4.52 Å². The summed E-state index contributed by atoms with van der Waals surface area (Å²) in [5, 5.41) is 7.27. The number of aryl methyl sites for hydroxylation is 2. The molecule has 1 amide bonds. The summed E-state index contributed by atoms with van der Waals surface area (Å²) in [6.07, 6.45) is 4.02. The third-order valence-corrected chi connectivity index (χ3v) is 4.15. The molecule has 0 bridgehead atoms. The average molecular weight is 288 g/mol. The zero-order valence-corrected chi connectivity index (χ0v) is 12.4. The summed E-state index contributed by atoms with van der Waals surface area (Å²) in [5.41, 5.74) is 7.30. The third-order valence-electron chi connectivity index (χ3n) is 4.15. The maximum Gasteiger partial charge on any atom is 0.291 e. The zero-order valence-electron chi connectivity index (χ0n) is 12.4. The molecular formula is C14H20N6O. The molecule has 2 aromatic rings. The highest BCUT2D eigenvalue weighted by Crippen LogP contribution is 2.28. The summed E-state index contributed by atoms with van der Waals surface area (Å²) in [7, 11) is 0. The fraction of sp³-hybridized carbons (Fsp3) is 0.571. The van der Waals surface area contributed by atoms with Crippen molar-refractivity contribution in [3.63, 3.8) is 0 Å². The number of carbonyl (C=O) groups is 1. The Morgan fingerprint density at radius 2 is 2.10 bits per heavy atom. The molecule has 1 aliphatic rings. The first-order valence-corrected chi connectivity index (χ1v) is 7.27. The van der Waals surface area contributed by atoms with Gasteiger partial charge in [0.1, 0.15) is 0 Å². The molecule has 0 atom stereocenters. The number of nitrogens with two attached hydrogens (primary N) is 1. The van der Waals surface area contributed by atoms with Gasteiger partial charge in [0.25, 0.3) is 11.7 Å². The van der Waals surface area contributed by atoms with Crippen molar-refractivity contribution in [1.82, 2.24) is 24.9 Å². The molecule has 0 radical (unpaired) electrons. The van der Waals surface area contributed by atoms with Crippen molar-refractivity contribution >= 4 is 11.7 Å². The average Bonchev–Trinajstić information content (AvgIpc) is 3.05. The van der Waals surface area contributed by atoms with Crippen LogP contribution in [0, 0.1) is 13.8 Å². The van der Waals surface area contributed by atoms with E-state index in [9.17, 15) is 4.79 Å². The van der Waals surface area contributed by atoms with E-state index in [-0.39, 0.29) is 17.3 Å². The molecule has 1 saturated carbocycles. The Balaban J connectivity index is 1.89. The molecule has 2 heterocycles. The van der Waals surface area contributed by atoms with Gasteiger partial charge in [0.15, 0.2) is 0 Å². The number of amides is 1. The van der Waals surface area contributed by atoms with Crippen LogP contribution in [0.2, 0.25) is 0 Å². The van der Waals surface area contributed by atoms with E-state index < -0.39 is 0 Å². The van der Waals surface area contributed by atoms with E-state index in [0.29, 0.717) is 12.3 Å². The van der Waals surface area contributed by atoms with E-state index in [4.69, 9.17) is 5.73 Å². The van der Waals surface area contributed by atoms with Crippen LogP contribution in [0.3, 0.4) is 0 Å². The number of nitrogens with zero attached hydrogens (tertiary/aromatic N) is 4. The Morgan fingerprint density at radius 3 is 2.76 bits per heavy atom. The second kappa shape index (κ2) is 5.07. The highest BCUT2D eigenvalue weighted by molar-refractivity contribution is 5.91. The van der Waals surface area contributed by atoms with Gasteiger partial charge in [-0.3, -0.25) is 4.79 Å². The lowest BCUT2D eigenvalue weighted by Gasteiger charge is -2.27. The molecule has 21 heavy (non-hydrogen) atoms. The van der Waals surface area contributed by atoms with Crippen LogP contribution >= 0.6 is 0 Å². The molecule has 2 aromatic heterocycles. The summed E-state index contributed by atoms with van der Waals surface area (Å²) in [6.45, 7) is 4.25. The van der Waals surface area contributed by atoms with Gasteiger partial charge in [0.2, 0.25) is 5.82 Å². The molecule has 0 spiro atoms. The predicted molar refractivity (Wildman–Crippen MR) is 78.0 cm³/mol. The Bertz CT molecular complexity index is 686. The molecule has 0 aliphatic heterocycles. The topological polar surface area (TPSA) is 98.2 Å². The van der Waals surface area contributed by atoms with Crippen molar-refractivity contribution in [3.05, 3.63) is 23.3 Å². The quantitative estimate of drug-likeness (QED) is 0.868. The van der Waals surface area contributed by atoms with Crippen LogP contribution < -0.4 is 11.1 Å². The minimum atomic E-state index is -0.299. The van der Waals surface area contributed by atoms with Gasteiger partial charge in [0, 0.05) is 17.9 Å². The van der Waals surface area contributed by atoms with Gasteiger partial charge in [-0.2, -0.15) is 4.98 Å². The minimum Gasteiger partial charge on any atom is -0.343 e. The lowest BCUT2D eigenvalue weighted by molar-refractivity contribution is 0.0892. The Hall–Kier alpha value is -2.02. The minimum absolute atomic E-state index is 0.149. The number of aromatic nitrogens is 4. The van der Waals surface area contributed by atoms with Crippen molar-refractivity contribution in [2.45, 2.75) is 45.1 Å². The second-order valence-corrected chi connectivity index (χ2v) is 5.83. The maximum atomic E-state index is 12.4. The largest absolute Gasteiger partial charge is 0.343 e. The maximum absolute atomic E-state index is 12.4. The van der Waals surface area contributed by atoms with E-state index in [1.165, 1.54) is 0 Å². The normalized spacial score (nSPS) is 17.3. The molecule has 7 heteroatoms. The molecule has 0 unspecified atom stereocenters. The van der Waals surface area contributed by atoms with Gasteiger partial charge in [-0.15, -0.1) is 5.10 Å². The number of rotatable bonds is 3. The van der Waals surface area contributed by atoms with Crippen LogP contribution in [0.1, 0.15) is 47.7 Å². The van der Waals surface area contributed by atoms with Gasteiger partial charge in [0.05, 0.1) is 5.54 Å². The molecule has 112 valence electrons. The number of hydrogen-bond donors (Lipinski definition) is 2. The fourth-order valence-corrected chi connectivity index (χ4v) is 2.99. The van der Waals surface area contributed by atoms with Crippen molar-refractivity contribution in [2.75, 3.05) is 6.54 Å². The molecule has 3 rings (SSSR count). The number of hydrogen-bond acceptors (Lipinski definition) is 5. The summed E-state index contributed by atoms with van der Waals surface area (Å²) in [4.78, 5) is 20.9. The van der Waals surface area contributed by atoms with Crippen LogP contribution in [-0.4, -0.2) is 37.6 Å². The molecular weight excluding hydrogens is 268 g/mol. The first-order chi connectivity index (χ1) is 10.0. The SMILES string of the molecule is Cc1cc(C)n2nc(C(=O)NC3(CN)CCCC3)nc2n1. The zero-order chi connectivity index (χ0) is 15.0. The van der Waals surface area contributed by atoms with Crippen LogP contribution in [0.5, 0.6) is 0 Å². The summed E-state index contributed by atoms with van der Waals surface area (Å²) >= 11 is 0. The van der Waals surface area contributed by atoms with E-state index in [2.05, 4.69) is 20.4 Å². The lowest BCUT2D eigenvalue weighted by Crippen LogP contribution is -2.51. The van der Waals surface area contributed by atoms with Crippen LogP contribution in [0.4, 0.5) is 0 Å². The predicted octanol–water partition coefficient (Wildman–Crippen LogP) is 0.742. The summed E-state index contributed by atoms with van der Waals surface area (Å²) in [6, 6.07) is 1.90. The van der Waals surface area contributed by atoms with Gasteiger partial charge in [-0.05, 0) is 32.8 Å². The number of fused-ring (bicyclic) bond motifs is 1. The smallest absolute Gasteiger partial charge is 0.291 e. The molecule has 1 aliphatic carbocycles. The van der Waals surface area contributed by atoms with Gasteiger partial charge < -0.3 is 11.1 Å². The van der Waals surface area contributed by atoms with Gasteiger partial charge in [-0.25, -0.2) is 9.50 Å². The Kier molecular flexibility index (Phi) is 3.36. The Labute approximate surface area is 123 Å². The Morgan fingerprint density at radius 1 is 1.38 bits per heavy atom. The van der Waals surface area contributed by atoms with Gasteiger partial charge in [-0.1, -0.05) is 12.8 Å². The highest BCUT2D eigenvalue weighted by atomic mass is 16.2. The van der Waals surface area contributed by atoms with E-state index >= 15 is 0 Å². The van der Waals surface area contributed by atoms with Gasteiger partial charge >= 0.3 is 0 Å². The fourth-order valence-electron chi connectivity index (χ4n) is 2.99. The first kappa shape index (κ1) is 13.9. The van der Waals surface area contributed by atoms with E-state index in [0.717, 1.165) is 37.1 Å². The third kappa shape index (κ3) is 2.49. The lowest BCUT2D eigenvalue weighted by atomic mass is 9.98. The number of carbonyl (C=O) groups excluding carboxylic acids is 1. The monoisotopic (exact) mass is 288 g/mol. The molecule has 1 fully saturated rings. The standard InChI is InChI=1S/C14H20N6O/c1-9-7-10(2)20-13(16-9)17-11(19-20)12(21)18-14(8-15)5-3-4-6-14/h7H,3-6,8,15H2,1-2H3,(H,18,21). The molecule has 7 nitrogen and oxygen atoms in total. The van der Waals surface area contributed by atoms with Crippen molar-refractivity contribution < 1.29 is 4.79 Å². The van der Waals surface area contributed by atoms with Crippen LogP contribution in [0.15, 0.2) is 6.07 Å². The molecule has 0 saturated heterocycles. The molecule has 0 aromatic carbocycles. The van der Waals surface area contributed by atoms with Crippen molar-refractivity contribution in [2.24, 2.45) is 5.73 Å². The van der Waals surface area contributed by atoms with Crippen molar-refractivity contribution in [3.8, 4) is 0 Å². The summed E-state index contributed by atoms with van der Waals surface area (Å²) < 4.78 is 1.59. The van der Waals surface area contributed by atoms with Crippen molar-refractivity contribution in [1.29, 1.82) is 0 Å². The van der Waals surface area contributed by atoms with Crippen LogP contribution in [-0.2, 0) is 0 Å². The van der Waals surface area contributed by atoms with E-state index in [1.807, 2.05) is 19.9 Å². The first-order valence-electron chi connectivity index (χ1n) is 7.27. The molecule has 3 N–H and O–H groups in total. The van der Waals surface area contributed by atoms with Crippen LogP contribution in [0.25, 0.3) is 5.78 Å². The highest BCUT2D eigenvalue weighted by Gasteiger charge is 2.35. The summed E-state index contributed by atoms with van der Waals surface area (Å²) in [5.74, 6) is 0.326. The second-order valence-electron chi connectivity index (χ2n) is 5.83. The number of nitrogens with one attached hydrogen (secondary N) is 1.